The Balaban J connectivity index is 0.000000500. The molecule has 0 atom stereocenters. The van der Waals surface area contributed by atoms with Crippen molar-refractivity contribution in [3.05, 3.63) is 29.8 Å². The predicted octanol–water partition coefficient (Wildman–Crippen LogP) is 3.20. The largest absolute Gasteiger partial charge is 0.491 e. The summed E-state index contributed by atoms with van der Waals surface area (Å²) in [5, 5.41) is 0. The fraction of sp³-hybridized carbons (Fsp3) is 0.364. The summed E-state index contributed by atoms with van der Waals surface area (Å²) in [4.78, 5) is 8.57. The highest BCUT2D eigenvalue weighted by Gasteiger charge is 1.94. The van der Waals surface area contributed by atoms with E-state index in [1.807, 2.05) is 26.0 Å². The summed E-state index contributed by atoms with van der Waals surface area (Å²) in [6.07, 6.45) is 0.262. The summed E-state index contributed by atoms with van der Waals surface area (Å²) < 4.78 is 5.47. The van der Waals surface area contributed by atoms with Crippen LogP contribution in [0.25, 0.3) is 0 Å². The Labute approximate surface area is 89.8 Å². The third-order valence-electron chi connectivity index (χ3n) is 1.39. The van der Waals surface area contributed by atoms with Gasteiger partial charge in [-0.25, -0.2) is 0 Å². The second kappa shape index (κ2) is 7.39. The van der Waals surface area contributed by atoms with E-state index in [1.54, 1.807) is 0 Å². The van der Waals surface area contributed by atoms with E-state index in [2.05, 4.69) is 30.7 Å². The van der Waals surface area contributed by atoms with Crippen LogP contribution in [-0.2, 0) is 4.79 Å². The van der Waals surface area contributed by atoms with Gasteiger partial charge in [-0.2, -0.15) is 0 Å². The maximum Gasteiger partial charge on any atom is 0.208 e. The average Bonchev–Trinajstić information content (AvgIpc) is 2.09. The van der Waals surface area contributed by atoms with Crippen LogP contribution >= 0.6 is 11.6 Å². The summed E-state index contributed by atoms with van der Waals surface area (Å²) in [5.74, 6) is 1.17. The normalized spacial score (nSPS) is 8.93. The van der Waals surface area contributed by atoms with E-state index in [-0.39, 0.29) is 11.8 Å². The highest BCUT2D eigenvalue weighted by Crippen LogP contribution is 2.12. The summed E-state index contributed by atoms with van der Waals surface area (Å²) in [6.45, 7) is 6.12. The maximum absolute atomic E-state index is 8.57. The van der Waals surface area contributed by atoms with Gasteiger partial charge in [0.15, 0.2) is 0 Å². The minimum Gasteiger partial charge on any atom is -0.491 e. The molecule has 0 aliphatic carbocycles. The first-order valence-corrected chi connectivity index (χ1v) is 4.81. The molecular weight excluding hydrogens is 200 g/mol. The highest BCUT2D eigenvalue weighted by molar-refractivity contribution is 6.54. The number of hydrogen-bond acceptors (Lipinski definition) is 2. The highest BCUT2D eigenvalue weighted by atomic mass is 35.5. The Morgan fingerprint density at radius 1 is 1.29 bits per heavy atom. The Kier molecular flexibility index (Phi) is 6.85. The summed E-state index contributed by atoms with van der Waals surface area (Å²) in [7, 11) is 0. The lowest BCUT2D eigenvalue weighted by Gasteiger charge is -2.08. The molecule has 1 aromatic rings. The molecular formula is C11H15ClO2. The Bertz CT molecular complexity index is 254. The van der Waals surface area contributed by atoms with Gasteiger partial charge in [-0.1, -0.05) is 17.7 Å². The van der Waals surface area contributed by atoms with Gasteiger partial charge < -0.3 is 4.74 Å². The van der Waals surface area contributed by atoms with E-state index in [1.165, 1.54) is 5.56 Å². The van der Waals surface area contributed by atoms with Crippen LogP contribution in [-0.4, -0.2) is 11.8 Å². The van der Waals surface area contributed by atoms with Crippen LogP contribution in [0, 0.1) is 6.92 Å². The predicted molar refractivity (Wildman–Crippen MR) is 59.5 cm³/mol. The second-order valence-corrected chi connectivity index (χ2v) is 3.25. The van der Waals surface area contributed by atoms with E-state index in [0.29, 0.717) is 0 Å². The third kappa shape index (κ3) is 6.49. The standard InChI is InChI=1S/C10H14O.CHClO/c1-8(2)11-10-6-4-9(3)5-7-10;2-1-3/h4-8H,1-3H3;1H. The summed E-state index contributed by atoms with van der Waals surface area (Å²) in [6, 6.07) is 8.10. The van der Waals surface area contributed by atoms with Crippen molar-refractivity contribution >= 4 is 17.3 Å². The van der Waals surface area contributed by atoms with Gasteiger partial charge in [0.1, 0.15) is 5.75 Å². The molecule has 0 aliphatic heterocycles. The second-order valence-electron chi connectivity index (χ2n) is 3.07. The number of aryl methyl sites for hydroxylation is 1. The molecule has 78 valence electrons. The van der Waals surface area contributed by atoms with Crippen LogP contribution in [0.1, 0.15) is 19.4 Å². The van der Waals surface area contributed by atoms with Crippen molar-refractivity contribution in [2.45, 2.75) is 26.9 Å². The van der Waals surface area contributed by atoms with Gasteiger partial charge in [-0.05, 0) is 44.5 Å². The molecule has 0 saturated carbocycles. The number of carbonyl (C=O) groups is 1. The van der Waals surface area contributed by atoms with Crippen LogP contribution in [0.5, 0.6) is 5.75 Å². The summed E-state index contributed by atoms with van der Waals surface area (Å²) in [5.41, 5.74) is 1.26. The van der Waals surface area contributed by atoms with Gasteiger partial charge in [0, 0.05) is 0 Å². The molecule has 0 unspecified atom stereocenters. The molecule has 0 N–H and O–H groups in total. The van der Waals surface area contributed by atoms with Crippen molar-refractivity contribution < 1.29 is 9.53 Å². The molecule has 14 heavy (non-hydrogen) atoms. The zero-order valence-corrected chi connectivity index (χ0v) is 9.41. The van der Waals surface area contributed by atoms with Gasteiger partial charge in [0.25, 0.3) is 0 Å². The number of carbonyl (C=O) groups excluding carboxylic acids is 1. The molecule has 2 nitrogen and oxygen atoms in total. The lowest BCUT2D eigenvalue weighted by molar-refractivity contribution is 0.242. The van der Waals surface area contributed by atoms with E-state index in [9.17, 15) is 0 Å². The van der Waals surface area contributed by atoms with Crippen molar-refractivity contribution in [3.8, 4) is 5.75 Å². The third-order valence-corrected chi connectivity index (χ3v) is 1.39. The molecule has 1 rings (SSSR count). The number of ether oxygens (including phenoxy) is 1. The van der Waals surface area contributed by atoms with Crippen molar-refractivity contribution in [1.82, 2.24) is 0 Å². The Morgan fingerprint density at radius 3 is 2.07 bits per heavy atom. The lowest BCUT2D eigenvalue weighted by Crippen LogP contribution is -2.05. The first-order chi connectivity index (χ1) is 6.60. The van der Waals surface area contributed by atoms with Crippen LogP contribution < -0.4 is 4.74 Å². The zero-order valence-electron chi connectivity index (χ0n) is 8.66. The Morgan fingerprint density at radius 2 is 1.71 bits per heavy atom. The minimum absolute atomic E-state index is 0.222. The van der Waals surface area contributed by atoms with Crippen LogP contribution in [0.3, 0.4) is 0 Å². The lowest BCUT2D eigenvalue weighted by atomic mass is 10.2. The molecule has 0 amide bonds. The van der Waals surface area contributed by atoms with E-state index in [4.69, 9.17) is 9.53 Å². The number of rotatable bonds is 2. The Hall–Kier alpha value is -1.02. The van der Waals surface area contributed by atoms with Crippen LogP contribution in [0.2, 0.25) is 0 Å². The van der Waals surface area contributed by atoms with Gasteiger partial charge in [0.2, 0.25) is 5.75 Å². The summed E-state index contributed by atoms with van der Waals surface area (Å²) >= 11 is 4.32. The topological polar surface area (TPSA) is 26.3 Å². The average molecular weight is 215 g/mol. The van der Waals surface area contributed by atoms with Gasteiger partial charge in [0.05, 0.1) is 6.10 Å². The number of hydrogen-bond donors (Lipinski definition) is 0. The molecule has 0 heterocycles. The van der Waals surface area contributed by atoms with Crippen molar-refractivity contribution in [2.75, 3.05) is 0 Å². The molecule has 1 aromatic carbocycles. The molecule has 0 fully saturated rings. The van der Waals surface area contributed by atoms with Gasteiger partial charge >= 0.3 is 0 Å². The minimum atomic E-state index is 0.222. The smallest absolute Gasteiger partial charge is 0.208 e. The van der Waals surface area contributed by atoms with Gasteiger partial charge in [-0.3, -0.25) is 4.79 Å². The van der Waals surface area contributed by atoms with Crippen LogP contribution in [0.4, 0.5) is 0 Å². The monoisotopic (exact) mass is 214 g/mol. The molecule has 3 heteroatoms. The van der Waals surface area contributed by atoms with Crippen molar-refractivity contribution in [1.29, 1.82) is 0 Å². The zero-order chi connectivity index (χ0) is 11.0. The van der Waals surface area contributed by atoms with Crippen molar-refractivity contribution in [3.63, 3.8) is 0 Å². The maximum atomic E-state index is 8.57. The van der Waals surface area contributed by atoms with E-state index < -0.39 is 0 Å². The number of halogens is 1. The molecule has 0 radical (unpaired) electrons. The van der Waals surface area contributed by atoms with E-state index in [0.717, 1.165) is 5.75 Å². The SMILES string of the molecule is Cc1ccc(OC(C)C)cc1.O=CCl. The molecule has 0 aliphatic rings. The van der Waals surface area contributed by atoms with Crippen LogP contribution in [0.15, 0.2) is 24.3 Å². The molecule has 0 spiro atoms. The molecule has 0 bridgehead atoms. The fourth-order valence-corrected chi connectivity index (χ4v) is 0.889. The fourth-order valence-electron chi connectivity index (χ4n) is 0.889. The van der Waals surface area contributed by atoms with Crippen molar-refractivity contribution in [2.24, 2.45) is 0 Å². The first-order valence-electron chi connectivity index (χ1n) is 4.37. The number of benzene rings is 1. The first kappa shape index (κ1) is 13.0. The van der Waals surface area contributed by atoms with E-state index >= 15 is 0 Å². The van der Waals surface area contributed by atoms with Gasteiger partial charge in [-0.15, -0.1) is 0 Å². The molecule has 0 saturated heterocycles. The quantitative estimate of drug-likeness (QED) is 0.558. The molecule has 0 aromatic heterocycles.